The van der Waals surface area contributed by atoms with Crippen LogP contribution in [0.15, 0.2) is 46.0 Å². The lowest BCUT2D eigenvalue weighted by molar-refractivity contribution is 0.416. The van der Waals surface area contributed by atoms with E-state index in [2.05, 4.69) is 6.08 Å². The zero-order valence-corrected chi connectivity index (χ0v) is 13.6. The lowest BCUT2D eigenvalue weighted by Crippen LogP contribution is -2.42. The van der Waals surface area contributed by atoms with Crippen molar-refractivity contribution in [2.75, 3.05) is 0 Å². The lowest BCUT2D eigenvalue weighted by atomic mass is 10.1. The van der Waals surface area contributed by atoms with Crippen molar-refractivity contribution in [2.24, 2.45) is 0 Å². The smallest absolute Gasteiger partial charge is 0.293 e. The van der Waals surface area contributed by atoms with Crippen LogP contribution in [0.4, 0.5) is 0 Å². The molecular formula is C18H24N2O2. The summed E-state index contributed by atoms with van der Waals surface area (Å²) in [5, 5.41) is 0.619. The van der Waals surface area contributed by atoms with Crippen LogP contribution in [-0.4, -0.2) is 9.13 Å². The number of aromatic nitrogens is 2. The van der Waals surface area contributed by atoms with E-state index in [1.165, 1.54) is 4.57 Å². The van der Waals surface area contributed by atoms with Gasteiger partial charge in [0.15, 0.2) is 0 Å². The Morgan fingerprint density at radius 3 is 2.55 bits per heavy atom. The molecule has 22 heavy (non-hydrogen) atoms. The predicted octanol–water partition coefficient (Wildman–Crippen LogP) is 3.49. The molecule has 1 unspecified atom stereocenters. The first-order valence-electron chi connectivity index (χ1n) is 8.00. The highest BCUT2D eigenvalue weighted by Gasteiger charge is 2.17. The van der Waals surface area contributed by atoms with Crippen LogP contribution in [0, 0.1) is 0 Å². The molecule has 118 valence electrons. The third-order valence-electron chi connectivity index (χ3n) is 4.14. The van der Waals surface area contributed by atoms with Gasteiger partial charge in [0.25, 0.3) is 5.56 Å². The van der Waals surface area contributed by atoms with Crippen molar-refractivity contribution in [1.82, 2.24) is 9.13 Å². The van der Waals surface area contributed by atoms with Crippen LogP contribution in [0.3, 0.4) is 0 Å². The maximum Gasteiger partial charge on any atom is 0.331 e. The molecule has 0 aliphatic rings. The summed E-state index contributed by atoms with van der Waals surface area (Å²) in [6.45, 7) is 6.50. The second kappa shape index (κ2) is 7.25. The fraction of sp³-hybridized carbons (Fsp3) is 0.444. The van der Waals surface area contributed by atoms with Crippen LogP contribution in [0.1, 0.15) is 46.1 Å². The van der Waals surface area contributed by atoms with E-state index in [4.69, 9.17) is 0 Å². The summed E-state index contributed by atoms with van der Waals surface area (Å²) < 4.78 is 3.14. The van der Waals surface area contributed by atoms with E-state index >= 15 is 0 Å². The Balaban J connectivity index is 2.67. The first kappa shape index (κ1) is 16.3. The Hall–Kier alpha value is -2.10. The fourth-order valence-corrected chi connectivity index (χ4v) is 2.94. The van der Waals surface area contributed by atoms with E-state index in [9.17, 15) is 9.59 Å². The summed E-state index contributed by atoms with van der Waals surface area (Å²) in [7, 11) is 0. The zero-order chi connectivity index (χ0) is 16.1. The van der Waals surface area contributed by atoms with Crippen molar-refractivity contribution in [3.05, 3.63) is 57.3 Å². The summed E-state index contributed by atoms with van der Waals surface area (Å²) in [6, 6.07) is 7.30. The van der Waals surface area contributed by atoms with Crippen LogP contribution >= 0.6 is 0 Å². The molecule has 0 fully saturated rings. The predicted molar refractivity (Wildman–Crippen MR) is 91.5 cm³/mol. The van der Waals surface area contributed by atoms with Gasteiger partial charge in [-0.05, 0) is 45.2 Å². The second-order valence-electron chi connectivity index (χ2n) is 5.43. The van der Waals surface area contributed by atoms with Gasteiger partial charge in [-0.1, -0.05) is 31.2 Å². The van der Waals surface area contributed by atoms with Gasteiger partial charge in [0.05, 0.1) is 10.9 Å². The van der Waals surface area contributed by atoms with E-state index in [1.54, 1.807) is 10.6 Å². The summed E-state index contributed by atoms with van der Waals surface area (Å²) in [4.78, 5) is 25.6. The molecule has 0 saturated carbocycles. The molecule has 4 heteroatoms. The summed E-state index contributed by atoms with van der Waals surface area (Å²) >= 11 is 0. The van der Waals surface area contributed by atoms with Crippen LogP contribution in [0.2, 0.25) is 0 Å². The van der Waals surface area contributed by atoms with Gasteiger partial charge in [-0.15, -0.1) is 0 Å². The number of aryl methyl sites for hydroxylation is 1. The molecule has 2 aromatic rings. The monoisotopic (exact) mass is 300 g/mol. The number of allylic oxidation sites excluding steroid dienone is 2. The molecule has 0 bridgehead atoms. The molecule has 0 radical (unpaired) electrons. The molecule has 2 rings (SSSR count). The molecular weight excluding hydrogens is 276 g/mol. The van der Waals surface area contributed by atoms with Gasteiger partial charge in [-0.2, -0.15) is 0 Å². The number of nitrogens with zero attached hydrogens (tertiary/aromatic N) is 2. The maximum absolute atomic E-state index is 12.8. The standard InChI is InChI=1S/C18H24N2O2/c1-4-7-8-11-14(5-2)20-17(21)15-12-9-10-13-16(15)19(6-3)18(20)22/h4,7,9-10,12-14H,5-6,8,11H2,1-3H3. The van der Waals surface area contributed by atoms with E-state index in [-0.39, 0.29) is 17.3 Å². The van der Waals surface area contributed by atoms with Crippen LogP contribution < -0.4 is 11.2 Å². The quantitative estimate of drug-likeness (QED) is 0.766. The Labute approximate surface area is 130 Å². The normalized spacial score (nSPS) is 13.0. The van der Waals surface area contributed by atoms with Gasteiger partial charge in [-0.3, -0.25) is 13.9 Å². The second-order valence-corrected chi connectivity index (χ2v) is 5.43. The van der Waals surface area contributed by atoms with Crippen LogP contribution in [0.25, 0.3) is 10.9 Å². The number of rotatable bonds is 6. The van der Waals surface area contributed by atoms with E-state index in [0.29, 0.717) is 11.9 Å². The van der Waals surface area contributed by atoms with Crippen molar-refractivity contribution >= 4 is 10.9 Å². The van der Waals surface area contributed by atoms with Gasteiger partial charge >= 0.3 is 5.69 Å². The first-order valence-corrected chi connectivity index (χ1v) is 8.00. The molecule has 1 atom stereocenters. The topological polar surface area (TPSA) is 44.0 Å². The minimum Gasteiger partial charge on any atom is -0.293 e. The molecule has 0 saturated heterocycles. The molecule has 1 heterocycles. The zero-order valence-electron chi connectivity index (χ0n) is 13.6. The van der Waals surface area contributed by atoms with Crippen molar-refractivity contribution in [3.8, 4) is 0 Å². The summed E-state index contributed by atoms with van der Waals surface area (Å²) in [5.41, 5.74) is 0.357. The average molecular weight is 300 g/mol. The van der Waals surface area contributed by atoms with Crippen molar-refractivity contribution in [1.29, 1.82) is 0 Å². The van der Waals surface area contributed by atoms with Gasteiger partial charge < -0.3 is 0 Å². The van der Waals surface area contributed by atoms with Gasteiger partial charge in [-0.25, -0.2) is 4.79 Å². The van der Waals surface area contributed by atoms with Crippen LogP contribution in [0.5, 0.6) is 0 Å². The molecule has 1 aromatic heterocycles. The summed E-state index contributed by atoms with van der Waals surface area (Å²) in [5.74, 6) is 0. The highest BCUT2D eigenvalue weighted by atomic mass is 16.2. The lowest BCUT2D eigenvalue weighted by Gasteiger charge is -2.19. The molecule has 4 nitrogen and oxygen atoms in total. The fourth-order valence-electron chi connectivity index (χ4n) is 2.94. The number of hydrogen-bond acceptors (Lipinski definition) is 2. The average Bonchev–Trinajstić information content (AvgIpc) is 2.54. The van der Waals surface area contributed by atoms with Crippen molar-refractivity contribution in [2.45, 2.75) is 52.6 Å². The first-order chi connectivity index (χ1) is 10.7. The van der Waals surface area contributed by atoms with Gasteiger partial charge in [0.1, 0.15) is 0 Å². The highest BCUT2D eigenvalue weighted by Crippen LogP contribution is 2.16. The largest absolute Gasteiger partial charge is 0.331 e. The Morgan fingerprint density at radius 1 is 1.18 bits per heavy atom. The number of para-hydroxylation sites is 1. The molecule has 0 amide bonds. The maximum atomic E-state index is 12.8. The Kier molecular flexibility index (Phi) is 5.36. The third kappa shape index (κ3) is 2.91. The highest BCUT2D eigenvalue weighted by molar-refractivity contribution is 5.77. The minimum absolute atomic E-state index is 0.0568. The van der Waals surface area contributed by atoms with Gasteiger partial charge in [0, 0.05) is 12.6 Å². The third-order valence-corrected chi connectivity index (χ3v) is 4.14. The summed E-state index contributed by atoms with van der Waals surface area (Å²) in [6.07, 6.45) is 6.53. The molecule has 0 spiro atoms. The van der Waals surface area contributed by atoms with Crippen molar-refractivity contribution in [3.63, 3.8) is 0 Å². The number of benzene rings is 1. The Morgan fingerprint density at radius 2 is 1.91 bits per heavy atom. The molecule has 0 aliphatic carbocycles. The Bertz CT molecular complexity index is 784. The SMILES string of the molecule is CC=CCCC(CC)n1c(=O)c2ccccc2n(CC)c1=O. The number of fused-ring (bicyclic) bond motifs is 1. The van der Waals surface area contributed by atoms with E-state index in [1.807, 2.05) is 45.0 Å². The van der Waals surface area contributed by atoms with Gasteiger partial charge in [0.2, 0.25) is 0 Å². The van der Waals surface area contributed by atoms with Crippen LogP contribution in [-0.2, 0) is 6.54 Å². The minimum atomic E-state index is -0.196. The molecule has 0 N–H and O–H groups in total. The van der Waals surface area contributed by atoms with E-state index < -0.39 is 0 Å². The molecule has 1 aromatic carbocycles. The number of hydrogen-bond donors (Lipinski definition) is 0. The molecule has 0 aliphatic heterocycles. The van der Waals surface area contributed by atoms with E-state index in [0.717, 1.165) is 24.8 Å². The van der Waals surface area contributed by atoms with Crippen molar-refractivity contribution < 1.29 is 0 Å².